The summed E-state index contributed by atoms with van der Waals surface area (Å²) >= 11 is 6.49. The summed E-state index contributed by atoms with van der Waals surface area (Å²) in [4.78, 5) is 11.9. The maximum Gasteiger partial charge on any atom is 0.387 e. The summed E-state index contributed by atoms with van der Waals surface area (Å²) in [6.45, 7) is 0.0243. The van der Waals surface area contributed by atoms with Gasteiger partial charge in [0.05, 0.1) is 6.07 Å². The van der Waals surface area contributed by atoms with Crippen LogP contribution in [0.3, 0.4) is 0 Å². The van der Waals surface area contributed by atoms with Crippen molar-refractivity contribution >= 4 is 17.6 Å². The van der Waals surface area contributed by atoms with E-state index in [2.05, 4.69) is 4.74 Å². The molecule has 0 amide bonds. The summed E-state index contributed by atoms with van der Waals surface area (Å²) in [7, 11) is 0. The van der Waals surface area contributed by atoms with Crippen molar-refractivity contribution in [2.75, 3.05) is 0 Å². The second kappa shape index (κ2) is 7.97. The van der Waals surface area contributed by atoms with E-state index < -0.39 is 29.0 Å². The minimum absolute atomic E-state index is 0.139. The highest BCUT2D eigenvalue weighted by Gasteiger charge is 2.51. The average molecular weight is 398 g/mol. The number of hydrogen-bond acceptors (Lipinski definition) is 4. The van der Waals surface area contributed by atoms with Gasteiger partial charge in [0.2, 0.25) is 5.06 Å². The monoisotopic (exact) mass is 397 g/mol. The van der Waals surface area contributed by atoms with Crippen LogP contribution in [0.5, 0.6) is 5.75 Å². The van der Waals surface area contributed by atoms with Crippen LogP contribution in [0.15, 0.2) is 53.8 Å². The Bertz CT molecular complexity index is 804. The molecule has 2 atom stereocenters. The molecular weight excluding hydrogens is 380 g/mol. The molecule has 2 rings (SSSR count). The Hall–Kier alpha value is -2.59. The van der Waals surface area contributed by atoms with Crippen molar-refractivity contribution in [3.63, 3.8) is 0 Å². The molecule has 8 heteroatoms. The topological polar surface area (TPSA) is 79.6 Å². The lowest BCUT2D eigenvalue weighted by atomic mass is 9.69. The van der Waals surface area contributed by atoms with Crippen LogP contribution in [0.4, 0.5) is 8.78 Å². The molecule has 0 bridgehead atoms. The van der Waals surface area contributed by atoms with Crippen molar-refractivity contribution in [2.24, 2.45) is 11.3 Å². The third-order valence-corrected chi connectivity index (χ3v) is 4.74. The fraction of sp³-hybridized carbons (Fsp3) is 0.368. The molecule has 0 radical (unpaired) electrons. The molecule has 2 unspecified atom stereocenters. The fourth-order valence-corrected chi connectivity index (χ4v) is 3.29. The minimum atomic E-state index is -3.14. The van der Waals surface area contributed by atoms with Gasteiger partial charge in [0.25, 0.3) is 0 Å². The molecular formula is C19H18ClF2NO4. The van der Waals surface area contributed by atoms with Crippen molar-refractivity contribution < 1.29 is 28.2 Å². The number of carbonyl (C=O) groups is 1. The van der Waals surface area contributed by atoms with E-state index in [9.17, 15) is 23.9 Å². The number of ether oxygens (including phenoxy) is 2. The Morgan fingerprint density at radius 3 is 2.44 bits per heavy atom. The van der Waals surface area contributed by atoms with Crippen molar-refractivity contribution in [1.29, 1.82) is 5.26 Å². The third kappa shape index (κ3) is 4.06. The minimum Gasteiger partial charge on any atom is -0.480 e. The number of carboxylic acids is 1. The number of aliphatic carboxylic acids is 1. The Morgan fingerprint density at radius 1 is 1.33 bits per heavy atom. The smallest absolute Gasteiger partial charge is 0.387 e. The van der Waals surface area contributed by atoms with Crippen LogP contribution in [-0.4, -0.2) is 22.7 Å². The second-order valence-corrected chi connectivity index (χ2v) is 6.91. The molecule has 5 nitrogen and oxygen atoms in total. The van der Waals surface area contributed by atoms with Crippen LogP contribution in [0.1, 0.15) is 20.3 Å². The lowest BCUT2D eigenvalue weighted by Gasteiger charge is -2.37. The molecule has 1 aliphatic carbocycles. The summed E-state index contributed by atoms with van der Waals surface area (Å²) in [6.07, 6.45) is 2.09. The maximum absolute atomic E-state index is 12.8. The number of para-hydroxylation sites is 1. The van der Waals surface area contributed by atoms with Gasteiger partial charge in [-0.1, -0.05) is 49.7 Å². The number of benzene rings is 1. The summed E-state index contributed by atoms with van der Waals surface area (Å²) in [6, 6.07) is 10.0. The first-order chi connectivity index (χ1) is 12.7. The largest absolute Gasteiger partial charge is 0.480 e. The van der Waals surface area contributed by atoms with E-state index in [1.807, 2.05) is 6.07 Å². The number of nitrogens with zero attached hydrogens (tertiary/aromatic N) is 1. The van der Waals surface area contributed by atoms with Gasteiger partial charge in [0, 0.05) is 6.42 Å². The van der Waals surface area contributed by atoms with Crippen molar-refractivity contribution in [3.05, 3.63) is 53.8 Å². The third-order valence-electron chi connectivity index (χ3n) is 4.35. The van der Waals surface area contributed by atoms with E-state index in [0.717, 1.165) is 6.08 Å². The highest BCUT2D eigenvalue weighted by Crippen LogP contribution is 2.47. The average Bonchev–Trinajstić information content (AvgIpc) is 2.58. The maximum atomic E-state index is 12.8. The molecule has 27 heavy (non-hydrogen) atoms. The van der Waals surface area contributed by atoms with Gasteiger partial charge < -0.3 is 14.6 Å². The van der Waals surface area contributed by atoms with Crippen molar-refractivity contribution in [2.45, 2.75) is 31.9 Å². The number of carboxylic acid groups (broad SMARTS) is 1. The zero-order valence-electron chi connectivity index (χ0n) is 14.7. The van der Waals surface area contributed by atoms with Crippen molar-refractivity contribution in [3.8, 4) is 11.8 Å². The standard InChI is InChI=1S/C19H18ClF2NO4/c1-12(2)18(11-23,16(24)25)13-8-9-15(26-17(21)22)19(20,10-13)27-14-6-4-3-5-7-14/h3-9,12,17H,10H2,1-2H3,(H,24,25). The first-order valence-corrected chi connectivity index (χ1v) is 8.47. The van der Waals surface area contributed by atoms with Crippen LogP contribution in [0.25, 0.3) is 0 Å². The van der Waals surface area contributed by atoms with E-state index in [-0.39, 0.29) is 23.5 Å². The molecule has 1 aliphatic rings. The molecule has 0 saturated heterocycles. The molecule has 1 N–H and O–H groups in total. The Morgan fingerprint density at radius 2 is 1.96 bits per heavy atom. The van der Waals surface area contributed by atoms with Crippen LogP contribution in [0.2, 0.25) is 0 Å². The van der Waals surface area contributed by atoms with Crippen LogP contribution < -0.4 is 4.74 Å². The summed E-state index contributed by atoms with van der Waals surface area (Å²) in [5, 5.41) is 17.4. The van der Waals surface area contributed by atoms with Gasteiger partial charge in [0.15, 0.2) is 11.2 Å². The highest BCUT2D eigenvalue weighted by atomic mass is 35.5. The Labute approximate surface area is 160 Å². The Kier molecular flexibility index (Phi) is 6.11. The number of halogens is 3. The van der Waals surface area contributed by atoms with Gasteiger partial charge in [-0.05, 0) is 29.7 Å². The first-order valence-electron chi connectivity index (χ1n) is 8.10. The van der Waals surface area contributed by atoms with E-state index in [0.29, 0.717) is 0 Å². The van der Waals surface area contributed by atoms with Crippen LogP contribution in [0, 0.1) is 22.7 Å². The quantitative estimate of drug-likeness (QED) is 0.674. The molecule has 1 aromatic rings. The van der Waals surface area contributed by atoms with Crippen LogP contribution >= 0.6 is 11.6 Å². The first kappa shape index (κ1) is 20.7. The zero-order valence-corrected chi connectivity index (χ0v) is 15.4. The van der Waals surface area contributed by atoms with E-state index in [1.165, 1.54) is 6.08 Å². The SMILES string of the molecule is CC(C)C(C#N)(C(=O)O)C1=CC=C(OC(F)F)C(Cl)(Oc2ccccc2)C1. The van der Waals surface area contributed by atoms with Gasteiger partial charge in [-0.2, -0.15) is 14.0 Å². The van der Waals surface area contributed by atoms with Gasteiger partial charge >= 0.3 is 12.6 Å². The molecule has 0 fully saturated rings. The molecule has 0 aromatic heterocycles. The normalized spacial score (nSPS) is 21.7. The van der Waals surface area contributed by atoms with Gasteiger partial charge in [-0.3, -0.25) is 4.79 Å². The van der Waals surface area contributed by atoms with Gasteiger partial charge in [-0.25, -0.2) is 0 Å². The number of nitriles is 1. The van der Waals surface area contributed by atoms with Gasteiger partial charge in [0.1, 0.15) is 5.75 Å². The second-order valence-electron chi connectivity index (χ2n) is 6.30. The molecule has 0 heterocycles. The zero-order chi connectivity index (χ0) is 20.2. The predicted octanol–water partition coefficient (Wildman–Crippen LogP) is 4.70. The molecule has 144 valence electrons. The number of allylic oxidation sites excluding steroid dienone is 2. The molecule has 0 aliphatic heterocycles. The fourth-order valence-electron chi connectivity index (χ4n) is 2.95. The predicted molar refractivity (Wildman–Crippen MR) is 94.0 cm³/mol. The summed E-state index contributed by atoms with van der Waals surface area (Å²) < 4.78 is 35.8. The molecule has 0 saturated carbocycles. The summed E-state index contributed by atoms with van der Waals surface area (Å²) in [5.41, 5.74) is -1.74. The molecule has 1 aromatic carbocycles. The number of hydrogen-bond donors (Lipinski definition) is 1. The Balaban J connectivity index is 2.52. The number of rotatable bonds is 7. The lowest BCUT2D eigenvalue weighted by Crippen LogP contribution is -2.43. The van der Waals surface area contributed by atoms with Crippen LogP contribution in [-0.2, 0) is 9.53 Å². The van der Waals surface area contributed by atoms with Gasteiger partial charge in [-0.15, -0.1) is 0 Å². The number of alkyl halides is 3. The van der Waals surface area contributed by atoms with E-state index in [4.69, 9.17) is 16.3 Å². The summed E-state index contributed by atoms with van der Waals surface area (Å²) in [5.74, 6) is -2.04. The molecule has 0 spiro atoms. The van der Waals surface area contributed by atoms with E-state index in [1.54, 1.807) is 44.2 Å². The lowest BCUT2D eigenvalue weighted by molar-refractivity contribution is -0.146. The van der Waals surface area contributed by atoms with Crippen molar-refractivity contribution in [1.82, 2.24) is 0 Å². The van der Waals surface area contributed by atoms with E-state index >= 15 is 0 Å². The highest BCUT2D eigenvalue weighted by molar-refractivity contribution is 6.25.